The molecular weight excluding hydrogens is 619 g/mol. The molecule has 3 heterocycles. The Balaban J connectivity index is 1.30. The molecule has 6 rings (SSSR count). The number of carbonyl (C=O) groups is 1. The van der Waals surface area contributed by atoms with Gasteiger partial charge in [-0.1, -0.05) is 58.5 Å². The number of para-hydroxylation sites is 1. The predicted octanol–water partition coefficient (Wildman–Crippen LogP) is 4.92. The van der Waals surface area contributed by atoms with Crippen LogP contribution in [-0.4, -0.2) is 48.1 Å². The maximum Gasteiger partial charge on any atom is 0.411 e. The molecular formula is C26H23IN6O4S. The standard InChI is InChI=1S/C26H23IN6O4S/c1-16-7-9-19(10-8-16)38(35,36)32-12-11-22-25(32)28-15-23-30-31-24(33(22)23)20-13-18(14-21(20)27)37-26(34)29-17-5-3-2-4-6-17/h2-12,15,18,20-21H,13-14H2,1H3,(H,29,34)/t18-,20+,21-/m1/s1. The van der Waals surface area contributed by atoms with Crippen LogP contribution in [0.4, 0.5) is 10.5 Å². The lowest BCUT2D eigenvalue weighted by molar-refractivity contribution is 0.114. The first-order valence-electron chi connectivity index (χ1n) is 12.0. The van der Waals surface area contributed by atoms with Gasteiger partial charge in [0.15, 0.2) is 11.3 Å². The van der Waals surface area contributed by atoms with Crippen LogP contribution < -0.4 is 5.32 Å². The van der Waals surface area contributed by atoms with Gasteiger partial charge in [0.25, 0.3) is 10.0 Å². The van der Waals surface area contributed by atoms with Crippen molar-refractivity contribution < 1.29 is 17.9 Å². The van der Waals surface area contributed by atoms with Crippen LogP contribution in [0.1, 0.15) is 30.1 Å². The van der Waals surface area contributed by atoms with Crippen LogP contribution >= 0.6 is 22.6 Å². The number of aromatic nitrogens is 5. The first-order chi connectivity index (χ1) is 18.3. The minimum atomic E-state index is -3.85. The number of benzene rings is 2. The van der Waals surface area contributed by atoms with Crippen molar-refractivity contribution in [1.82, 2.24) is 23.6 Å². The zero-order valence-corrected chi connectivity index (χ0v) is 23.2. The van der Waals surface area contributed by atoms with Crippen LogP contribution in [0.5, 0.6) is 0 Å². The first kappa shape index (κ1) is 24.8. The average molecular weight is 642 g/mol. The molecule has 38 heavy (non-hydrogen) atoms. The Labute approximate surface area is 232 Å². The molecule has 2 aromatic carbocycles. The zero-order chi connectivity index (χ0) is 26.4. The number of carbonyl (C=O) groups excluding carboxylic acids is 1. The lowest BCUT2D eigenvalue weighted by Gasteiger charge is -2.13. The molecule has 1 aliphatic rings. The number of nitrogens with one attached hydrogen (secondary N) is 1. The van der Waals surface area contributed by atoms with Gasteiger partial charge in [0, 0.05) is 21.7 Å². The van der Waals surface area contributed by atoms with Crippen LogP contribution in [0.2, 0.25) is 0 Å². The largest absolute Gasteiger partial charge is 0.446 e. The molecule has 0 unspecified atom stereocenters. The van der Waals surface area contributed by atoms with Crippen molar-refractivity contribution in [2.24, 2.45) is 0 Å². The van der Waals surface area contributed by atoms with Gasteiger partial charge in [-0.3, -0.25) is 9.72 Å². The van der Waals surface area contributed by atoms with E-state index in [4.69, 9.17) is 4.74 Å². The van der Waals surface area contributed by atoms with E-state index >= 15 is 0 Å². The summed E-state index contributed by atoms with van der Waals surface area (Å²) >= 11 is 2.36. The van der Waals surface area contributed by atoms with Crippen LogP contribution in [0.15, 0.2) is 78.0 Å². The number of hydrogen-bond acceptors (Lipinski definition) is 7. The van der Waals surface area contributed by atoms with E-state index in [2.05, 4.69) is 43.1 Å². The average Bonchev–Trinajstić information content (AvgIpc) is 3.61. The molecule has 12 heteroatoms. The summed E-state index contributed by atoms with van der Waals surface area (Å²) < 4.78 is 35.7. The van der Waals surface area contributed by atoms with E-state index < -0.39 is 16.1 Å². The molecule has 0 aliphatic heterocycles. The maximum absolute atomic E-state index is 13.4. The number of aryl methyl sites for hydroxylation is 1. The zero-order valence-electron chi connectivity index (χ0n) is 20.2. The second kappa shape index (κ2) is 9.66. The molecule has 0 bridgehead atoms. The number of rotatable bonds is 5. The smallest absolute Gasteiger partial charge is 0.411 e. The molecule has 0 saturated heterocycles. The van der Waals surface area contributed by atoms with E-state index in [1.165, 1.54) is 16.4 Å². The van der Waals surface area contributed by atoms with E-state index in [0.29, 0.717) is 35.5 Å². The third kappa shape index (κ3) is 4.41. The highest BCUT2D eigenvalue weighted by atomic mass is 127. The summed E-state index contributed by atoms with van der Waals surface area (Å²) in [5.74, 6) is 0.634. The van der Waals surface area contributed by atoms with Gasteiger partial charge in [0.05, 0.1) is 16.6 Å². The van der Waals surface area contributed by atoms with Gasteiger partial charge in [-0.05, 0) is 50.1 Å². The highest BCUT2D eigenvalue weighted by Gasteiger charge is 2.39. The maximum atomic E-state index is 13.4. The Kier molecular flexibility index (Phi) is 6.30. The van der Waals surface area contributed by atoms with Gasteiger partial charge in [-0.15, -0.1) is 10.2 Å². The third-order valence-electron chi connectivity index (χ3n) is 6.71. The van der Waals surface area contributed by atoms with Gasteiger partial charge in [-0.25, -0.2) is 22.2 Å². The number of alkyl halides is 1. The van der Waals surface area contributed by atoms with Gasteiger partial charge >= 0.3 is 6.09 Å². The van der Waals surface area contributed by atoms with Crippen LogP contribution in [0.3, 0.4) is 0 Å². The second-order valence-corrected chi connectivity index (χ2v) is 12.7. The Bertz CT molecular complexity index is 1750. The SMILES string of the molecule is Cc1ccc(S(=O)(=O)n2ccc3c2ncc2nnc([C@H]4C[C@@H](OC(=O)Nc5ccccc5)C[C@H]4I)n23)cc1. The number of nitrogens with zero attached hydrogens (tertiary/aromatic N) is 5. The molecule has 1 amide bonds. The molecule has 0 radical (unpaired) electrons. The number of amides is 1. The van der Waals surface area contributed by atoms with Crippen LogP contribution in [0, 0.1) is 6.92 Å². The molecule has 1 aliphatic carbocycles. The minimum Gasteiger partial charge on any atom is -0.446 e. The lowest BCUT2D eigenvalue weighted by atomic mass is 10.1. The number of halogens is 1. The van der Waals surface area contributed by atoms with Crippen LogP contribution in [-0.2, 0) is 14.8 Å². The number of ether oxygens (including phenoxy) is 1. The Morgan fingerprint density at radius 2 is 1.82 bits per heavy atom. The Morgan fingerprint density at radius 3 is 2.58 bits per heavy atom. The van der Waals surface area contributed by atoms with Crippen molar-refractivity contribution in [2.75, 3.05) is 5.32 Å². The van der Waals surface area contributed by atoms with Crippen molar-refractivity contribution in [2.45, 2.75) is 40.6 Å². The van der Waals surface area contributed by atoms with E-state index in [1.54, 1.807) is 42.5 Å². The van der Waals surface area contributed by atoms with Crippen molar-refractivity contribution in [3.63, 3.8) is 0 Å². The van der Waals surface area contributed by atoms with Gasteiger partial charge in [-0.2, -0.15) is 0 Å². The fraction of sp³-hybridized carbons (Fsp3) is 0.231. The van der Waals surface area contributed by atoms with Gasteiger partial charge in [0.2, 0.25) is 0 Å². The van der Waals surface area contributed by atoms with E-state index in [9.17, 15) is 13.2 Å². The summed E-state index contributed by atoms with van der Waals surface area (Å²) in [6.07, 6.45) is 3.48. The van der Waals surface area contributed by atoms with Crippen molar-refractivity contribution >= 4 is 61.2 Å². The number of anilines is 1. The quantitative estimate of drug-likeness (QED) is 0.214. The van der Waals surface area contributed by atoms with Crippen molar-refractivity contribution in [1.29, 1.82) is 0 Å². The molecule has 1 fully saturated rings. The van der Waals surface area contributed by atoms with E-state index in [-0.39, 0.29) is 26.5 Å². The number of fused-ring (bicyclic) bond motifs is 3. The number of hydrogen-bond donors (Lipinski definition) is 1. The summed E-state index contributed by atoms with van der Waals surface area (Å²) in [5, 5.41) is 11.5. The summed E-state index contributed by atoms with van der Waals surface area (Å²) in [4.78, 5) is 17.0. The van der Waals surface area contributed by atoms with Gasteiger partial charge in [0.1, 0.15) is 11.9 Å². The van der Waals surface area contributed by atoms with E-state index in [1.807, 2.05) is 29.5 Å². The molecule has 1 N–H and O–H groups in total. The summed E-state index contributed by atoms with van der Waals surface area (Å²) in [7, 11) is -3.85. The predicted molar refractivity (Wildman–Crippen MR) is 150 cm³/mol. The minimum absolute atomic E-state index is 0.0530. The molecule has 5 aromatic rings. The van der Waals surface area contributed by atoms with Crippen molar-refractivity contribution in [3.05, 3.63) is 84.4 Å². The highest BCUT2D eigenvalue weighted by molar-refractivity contribution is 14.1. The molecule has 10 nitrogen and oxygen atoms in total. The lowest BCUT2D eigenvalue weighted by Crippen LogP contribution is -2.20. The summed E-state index contributed by atoms with van der Waals surface area (Å²) in [6.45, 7) is 1.90. The molecule has 194 valence electrons. The molecule has 3 atom stereocenters. The Morgan fingerprint density at radius 1 is 1.05 bits per heavy atom. The fourth-order valence-corrected chi connectivity index (χ4v) is 7.32. The monoisotopic (exact) mass is 642 g/mol. The van der Waals surface area contributed by atoms with Crippen molar-refractivity contribution in [3.8, 4) is 0 Å². The molecule has 0 spiro atoms. The second-order valence-electron chi connectivity index (χ2n) is 9.26. The topological polar surface area (TPSA) is 120 Å². The highest BCUT2D eigenvalue weighted by Crippen LogP contribution is 2.41. The van der Waals surface area contributed by atoms with Crippen LogP contribution in [0.25, 0.3) is 16.8 Å². The van der Waals surface area contributed by atoms with E-state index in [0.717, 1.165) is 5.56 Å². The normalized spacial score (nSPS) is 19.7. The molecule has 3 aromatic heterocycles. The fourth-order valence-electron chi connectivity index (χ4n) is 4.84. The first-order valence-corrected chi connectivity index (χ1v) is 14.7. The third-order valence-corrected chi connectivity index (χ3v) is 9.76. The summed E-state index contributed by atoms with van der Waals surface area (Å²) in [6, 6.07) is 17.6. The Hall–Kier alpha value is -3.52. The molecule has 1 saturated carbocycles. The summed E-state index contributed by atoms with van der Waals surface area (Å²) in [5.41, 5.74) is 3.04. The van der Waals surface area contributed by atoms with Gasteiger partial charge < -0.3 is 4.74 Å².